The van der Waals surface area contributed by atoms with E-state index >= 15 is 0 Å². The Morgan fingerprint density at radius 3 is 2.30 bits per heavy atom. The van der Waals surface area contributed by atoms with Crippen molar-refractivity contribution in [2.75, 3.05) is 19.6 Å². The van der Waals surface area contributed by atoms with Crippen LogP contribution in [0, 0.1) is 5.92 Å². The van der Waals surface area contributed by atoms with E-state index in [-0.39, 0.29) is 0 Å². The van der Waals surface area contributed by atoms with Gasteiger partial charge >= 0.3 is 0 Å². The van der Waals surface area contributed by atoms with Crippen LogP contribution in [0.15, 0.2) is 0 Å². The first kappa shape index (κ1) is 15.8. The molecule has 0 aromatic rings. The Morgan fingerprint density at radius 1 is 1.05 bits per heavy atom. The molecule has 1 heterocycles. The molecule has 0 aromatic heterocycles. The first-order chi connectivity index (χ1) is 9.79. The highest BCUT2D eigenvalue weighted by Gasteiger charge is 2.24. The molecule has 1 N–H and O–H groups in total. The van der Waals surface area contributed by atoms with Gasteiger partial charge in [0, 0.05) is 25.6 Å². The molecule has 0 aromatic carbocycles. The number of carbonyl (C=O) groups excluding carboxylic acids is 1. The number of likely N-dealkylation sites (tertiary alicyclic amines) is 1. The van der Waals surface area contributed by atoms with E-state index in [0.29, 0.717) is 17.9 Å². The van der Waals surface area contributed by atoms with Crippen molar-refractivity contribution >= 4 is 5.91 Å². The maximum atomic E-state index is 12.4. The molecule has 1 aliphatic carbocycles. The van der Waals surface area contributed by atoms with Gasteiger partial charge in [0.2, 0.25) is 5.91 Å². The van der Waals surface area contributed by atoms with Gasteiger partial charge in [0.05, 0.1) is 0 Å². The third-order valence-corrected chi connectivity index (χ3v) is 4.97. The van der Waals surface area contributed by atoms with Crippen LogP contribution < -0.4 is 5.32 Å². The summed E-state index contributed by atoms with van der Waals surface area (Å²) < 4.78 is 0. The van der Waals surface area contributed by atoms with E-state index in [1.54, 1.807) is 0 Å². The number of nitrogens with one attached hydrogen (secondary N) is 1. The molecule has 3 nitrogen and oxygen atoms in total. The number of carbonyl (C=O) groups is 1. The summed E-state index contributed by atoms with van der Waals surface area (Å²) >= 11 is 0. The minimum Gasteiger partial charge on any atom is -0.343 e. The summed E-state index contributed by atoms with van der Waals surface area (Å²) in [6, 6.07) is 0.636. The molecule has 0 radical (unpaired) electrons. The van der Waals surface area contributed by atoms with Crippen LogP contribution in [-0.4, -0.2) is 36.5 Å². The van der Waals surface area contributed by atoms with E-state index in [2.05, 4.69) is 17.1 Å². The molecule has 1 amide bonds. The fraction of sp³-hybridized carbons (Fsp3) is 0.941. The molecule has 0 spiro atoms. The Labute approximate surface area is 124 Å². The summed E-state index contributed by atoms with van der Waals surface area (Å²) in [5, 5.41) is 3.58. The second-order valence-electron chi connectivity index (χ2n) is 6.67. The van der Waals surface area contributed by atoms with Crippen molar-refractivity contribution in [2.45, 2.75) is 77.2 Å². The Morgan fingerprint density at radius 2 is 1.70 bits per heavy atom. The van der Waals surface area contributed by atoms with Crippen molar-refractivity contribution in [1.29, 1.82) is 0 Å². The fourth-order valence-corrected chi connectivity index (χ4v) is 3.63. The SMILES string of the molecule is CCCNC1CCN(C(=O)CC2CCCCCC2)CC1. The third kappa shape index (κ3) is 5.08. The van der Waals surface area contributed by atoms with Crippen LogP contribution in [-0.2, 0) is 4.79 Å². The molecule has 2 aliphatic rings. The quantitative estimate of drug-likeness (QED) is 0.783. The van der Waals surface area contributed by atoms with Crippen molar-refractivity contribution in [2.24, 2.45) is 5.92 Å². The number of amides is 1. The van der Waals surface area contributed by atoms with Gasteiger partial charge in [-0.15, -0.1) is 0 Å². The van der Waals surface area contributed by atoms with Crippen LogP contribution in [0.1, 0.15) is 71.1 Å². The predicted octanol–water partition coefficient (Wildman–Crippen LogP) is 3.34. The lowest BCUT2D eigenvalue weighted by Gasteiger charge is -2.33. The number of piperidine rings is 1. The summed E-state index contributed by atoms with van der Waals surface area (Å²) in [6.45, 7) is 5.25. The van der Waals surface area contributed by atoms with Gasteiger partial charge in [-0.25, -0.2) is 0 Å². The van der Waals surface area contributed by atoms with Crippen molar-refractivity contribution in [3.63, 3.8) is 0 Å². The summed E-state index contributed by atoms with van der Waals surface area (Å²) in [5.74, 6) is 1.09. The monoisotopic (exact) mass is 280 g/mol. The highest BCUT2D eigenvalue weighted by atomic mass is 16.2. The van der Waals surface area contributed by atoms with E-state index in [0.717, 1.165) is 38.9 Å². The third-order valence-electron chi connectivity index (χ3n) is 4.97. The van der Waals surface area contributed by atoms with Crippen LogP contribution in [0.5, 0.6) is 0 Å². The number of hydrogen-bond acceptors (Lipinski definition) is 2. The predicted molar refractivity (Wildman–Crippen MR) is 83.7 cm³/mol. The maximum Gasteiger partial charge on any atom is 0.222 e. The molecule has 20 heavy (non-hydrogen) atoms. The Kier molecular flexibility index (Phi) is 6.85. The Hall–Kier alpha value is -0.570. The summed E-state index contributed by atoms with van der Waals surface area (Å²) in [5.41, 5.74) is 0. The molecular weight excluding hydrogens is 248 g/mol. The van der Waals surface area contributed by atoms with E-state index in [9.17, 15) is 4.79 Å². The van der Waals surface area contributed by atoms with Gasteiger partial charge in [-0.05, 0) is 44.6 Å². The van der Waals surface area contributed by atoms with Gasteiger partial charge in [-0.2, -0.15) is 0 Å². The van der Waals surface area contributed by atoms with Gasteiger partial charge < -0.3 is 10.2 Å². The van der Waals surface area contributed by atoms with E-state index < -0.39 is 0 Å². The van der Waals surface area contributed by atoms with E-state index in [1.807, 2.05) is 0 Å². The summed E-state index contributed by atoms with van der Waals surface area (Å²) in [7, 11) is 0. The highest BCUT2D eigenvalue weighted by molar-refractivity contribution is 5.76. The zero-order valence-electron chi connectivity index (χ0n) is 13.2. The second kappa shape index (κ2) is 8.66. The Bertz CT molecular complexity index is 277. The maximum absolute atomic E-state index is 12.4. The summed E-state index contributed by atoms with van der Waals surface area (Å²) in [6.07, 6.45) is 12.3. The van der Waals surface area contributed by atoms with Gasteiger partial charge in [0.15, 0.2) is 0 Å². The highest BCUT2D eigenvalue weighted by Crippen LogP contribution is 2.26. The minimum absolute atomic E-state index is 0.422. The molecule has 3 heteroatoms. The molecular formula is C17H32N2O. The molecule has 116 valence electrons. The minimum atomic E-state index is 0.422. The largest absolute Gasteiger partial charge is 0.343 e. The zero-order valence-corrected chi connectivity index (χ0v) is 13.2. The van der Waals surface area contributed by atoms with Gasteiger partial charge in [-0.3, -0.25) is 4.79 Å². The molecule has 0 atom stereocenters. The molecule has 1 aliphatic heterocycles. The van der Waals surface area contributed by atoms with Crippen LogP contribution >= 0.6 is 0 Å². The molecule has 1 saturated carbocycles. The normalized spacial score (nSPS) is 22.8. The van der Waals surface area contributed by atoms with Crippen LogP contribution in [0.4, 0.5) is 0 Å². The lowest BCUT2D eigenvalue weighted by molar-refractivity contribution is -0.133. The van der Waals surface area contributed by atoms with Gasteiger partial charge in [0.25, 0.3) is 0 Å². The number of nitrogens with zero attached hydrogens (tertiary/aromatic N) is 1. The molecule has 2 rings (SSSR count). The lowest BCUT2D eigenvalue weighted by Crippen LogP contribution is -2.45. The van der Waals surface area contributed by atoms with Crippen LogP contribution in [0.2, 0.25) is 0 Å². The average molecular weight is 280 g/mol. The van der Waals surface area contributed by atoms with Crippen LogP contribution in [0.3, 0.4) is 0 Å². The first-order valence-electron chi connectivity index (χ1n) is 8.80. The van der Waals surface area contributed by atoms with Crippen molar-refractivity contribution in [1.82, 2.24) is 10.2 Å². The van der Waals surface area contributed by atoms with E-state index in [1.165, 1.54) is 44.9 Å². The van der Waals surface area contributed by atoms with E-state index in [4.69, 9.17) is 0 Å². The first-order valence-corrected chi connectivity index (χ1v) is 8.80. The molecule has 2 fully saturated rings. The van der Waals surface area contributed by atoms with Crippen molar-refractivity contribution in [3.8, 4) is 0 Å². The smallest absolute Gasteiger partial charge is 0.222 e. The van der Waals surface area contributed by atoms with Gasteiger partial charge in [0.1, 0.15) is 0 Å². The zero-order chi connectivity index (χ0) is 14.2. The molecule has 0 bridgehead atoms. The number of hydrogen-bond donors (Lipinski definition) is 1. The average Bonchev–Trinajstić information content (AvgIpc) is 2.74. The molecule has 1 saturated heterocycles. The second-order valence-corrected chi connectivity index (χ2v) is 6.67. The standard InChI is InChI=1S/C17H32N2O/c1-2-11-18-16-9-12-19(13-10-16)17(20)14-15-7-5-3-4-6-8-15/h15-16,18H,2-14H2,1H3. The van der Waals surface area contributed by atoms with Crippen molar-refractivity contribution < 1.29 is 4.79 Å². The van der Waals surface area contributed by atoms with Crippen molar-refractivity contribution in [3.05, 3.63) is 0 Å². The van der Waals surface area contributed by atoms with Gasteiger partial charge in [-0.1, -0.05) is 32.6 Å². The molecule has 0 unspecified atom stereocenters. The summed E-state index contributed by atoms with van der Waals surface area (Å²) in [4.78, 5) is 14.5. The topological polar surface area (TPSA) is 32.3 Å². The van der Waals surface area contributed by atoms with Crippen LogP contribution in [0.25, 0.3) is 0 Å². The Balaban J connectivity index is 1.68. The lowest BCUT2D eigenvalue weighted by atomic mass is 9.95. The number of rotatable bonds is 5. The fourth-order valence-electron chi connectivity index (χ4n) is 3.63.